The molecular formula is C22H38N4O8. The van der Waals surface area contributed by atoms with E-state index in [1.54, 1.807) is 13.8 Å². The molecule has 0 aliphatic carbocycles. The van der Waals surface area contributed by atoms with Crippen LogP contribution in [0, 0.1) is 5.92 Å². The quantitative estimate of drug-likeness (QED) is 0.253. The van der Waals surface area contributed by atoms with E-state index in [1.165, 1.54) is 6.92 Å². The number of nitrogens with one attached hydrogen (secondary N) is 1. The van der Waals surface area contributed by atoms with Gasteiger partial charge in [0, 0.05) is 0 Å². The maximum atomic E-state index is 10.4. The molecule has 12 heteroatoms. The molecule has 1 heterocycles. The number of carboxylic acids is 4. The second-order valence-corrected chi connectivity index (χ2v) is 7.86. The molecule has 0 aromatic heterocycles. The van der Waals surface area contributed by atoms with Gasteiger partial charge in [-0.05, 0) is 44.2 Å². The number of hydrogen-bond acceptors (Lipinski definition) is 8. The minimum absolute atomic E-state index is 0.0208. The summed E-state index contributed by atoms with van der Waals surface area (Å²) in [5.74, 6) is -3.55. The monoisotopic (exact) mass is 486 g/mol. The average molecular weight is 487 g/mol. The van der Waals surface area contributed by atoms with Crippen LogP contribution in [0.2, 0.25) is 0 Å². The predicted molar refractivity (Wildman–Crippen MR) is 126 cm³/mol. The Bertz CT molecular complexity index is 726. The Morgan fingerprint density at radius 2 is 1.41 bits per heavy atom. The van der Waals surface area contributed by atoms with Crippen LogP contribution in [0.1, 0.15) is 39.2 Å². The molecule has 0 saturated carbocycles. The fraction of sp³-hybridized carbons (Fsp3) is 0.545. The van der Waals surface area contributed by atoms with Crippen LogP contribution >= 0.6 is 0 Å². The maximum Gasteiger partial charge on any atom is 0.320 e. The Hall–Kier alpha value is -3.06. The molecular weight excluding hydrogens is 448 g/mol. The van der Waals surface area contributed by atoms with E-state index in [1.807, 2.05) is 30.3 Å². The summed E-state index contributed by atoms with van der Waals surface area (Å²) in [5, 5.41) is 35.8. The van der Waals surface area contributed by atoms with Crippen molar-refractivity contribution in [1.29, 1.82) is 0 Å². The van der Waals surface area contributed by atoms with Crippen molar-refractivity contribution in [3.63, 3.8) is 0 Å². The summed E-state index contributed by atoms with van der Waals surface area (Å²) in [6.07, 6.45) is 2.17. The Morgan fingerprint density at radius 3 is 1.65 bits per heavy atom. The number of carbonyl (C=O) groups is 4. The highest BCUT2D eigenvalue weighted by Crippen LogP contribution is 2.03. The van der Waals surface area contributed by atoms with Gasteiger partial charge in [-0.2, -0.15) is 0 Å². The van der Waals surface area contributed by atoms with Crippen molar-refractivity contribution >= 4 is 23.9 Å². The Morgan fingerprint density at radius 1 is 0.912 bits per heavy atom. The standard InChI is InChI=1S/C9H11NO2.C5H9NO2.C5H11NO2.C3H7NO2/c10-8(9(11)12)6-7-4-2-1-3-5-7;7-5(8)4-2-1-3-6-4;1-3(2)4(6)5(7)8;1-2(4)3(5)6/h1-5,8H,6,10H2,(H,11,12);4,6H,1-3H2,(H,7,8);3-4H,6H2,1-2H3,(H,7,8);2H,4H2,1H3,(H,5,6)/t8-;2*4-;2-/m0000/s1. The van der Waals surface area contributed by atoms with Crippen molar-refractivity contribution in [1.82, 2.24) is 5.32 Å². The van der Waals surface area contributed by atoms with Gasteiger partial charge in [-0.25, -0.2) is 0 Å². The van der Waals surface area contributed by atoms with Gasteiger partial charge in [0.1, 0.15) is 24.2 Å². The van der Waals surface area contributed by atoms with Crippen molar-refractivity contribution in [3.8, 4) is 0 Å². The molecule has 194 valence electrons. The van der Waals surface area contributed by atoms with Crippen LogP contribution in [0.15, 0.2) is 30.3 Å². The molecule has 1 aromatic carbocycles. The molecule has 0 bridgehead atoms. The third-order valence-corrected chi connectivity index (χ3v) is 4.37. The first-order chi connectivity index (χ1) is 15.7. The van der Waals surface area contributed by atoms with Gasteiger partial charge in [-0.3, -0.25) is 19.2 Å². The second kappa shape index (κ2) is 18.4. The van der Waals surface area contributed by atoms with Crippen LogP contribution in [0.4, 0.5) is 0 Å². The zero-order chi connectivity index (χ0) is 26.8. The van der Waals surface area contributed by atoms with E-state index in [2.05, 4.69) is 5.32 Å². The summed E-state index contributed by atoms with van der Waals surface area (Å²) in [5.41, 5.74) is 16.3. The van der Waals surface area contributed by atoms with Crippen molar-refractivity contribution in [2.24, 2.45) is 23.1 Å². The fourth-order valence-corrected chi connectivity index (χ4v) is 2.14. The Kier molecular flexibility index (Phi) is 17.9. The fourth-order valence-electron chi connectivity index (χ4n) is 2.14. The summed E-state index contributed by atoms with van der Waals surface area (Å²) in [6.45, 7) is 5.83. The smallest absolute Gasteiger partial charge is 0.320 e. The highest BCUT2D eigenvalue weighted by molar-refractivity contribution is 5.74. The minimum Gasteiger partial charge on any atom is -0.480 e. The summed E-state index contributed by atoms with van der Waals surface area (Å²) in [6, 6.07) is 6.83. The van der Waals surface area contributed by atoms with Crippen molar-refractivity contribution < 1.29 is 39.6 Å². The highest BCUT2D eigenvalue weighted by Gasteiger charge is 2.20. The summed E-state index contributed by atoms with van der Waals surface area (Å²) in [4.78, 5) is 40.1. The molecule has 1 fully saturated rings. The first-order valence-electron chi connectivity index (χ1n) is 10.7. The van der Waals surface area contributed by atoms with E-state index in [0.717, 1.165) is 24.9 Å². The van der Waals surface area contributed by atoms with Crippen LogP contribution in [0.25, 0.3) is 0 Å². The molecule has 12 nitrogen and oxygen atoms in total. The number of benzene rings is 1. The number of hydrogen-bond donors (Lipinski definition) is 8. The van der Waals surface area contributed by atoms with Gasteiger partial charge in [0.05, 0.1) is 0 Å². The molecule has 1 aromatic rings. The molecule has 2 rings (SSSR count). The lowest BCUT2D eigenvalue weighted by Crippen LogP contribution is -2.34. The molecule has 0 unspecified atom stereocenters. The molecule has 1 saturated heterocycles. The molecule has 1 aliphatic heterocycles. The van der Waals surface area contributed by atoms with E-state index >= 15 is 0 Å². The maximum absolute atomic E-state index is 10.4. The van der Waals surface area contributed by atoms with E-state index in [-0.39, 0.29) is 12.0 Å². The third kappa shape index (κ3) is 17.5. The van der Waals surface area contributed by atoms with E-state index in [0.29, 0.717) is 6.42 Å². The van der Waals surface area contributed by atoms with Crippen molar-refractivity contribution in [2.45, 2.75) is 64.2 Å². The summed E-state index contributed by atoms with van der Waals surface area (Å²) in [7, 11) is 0. The Balaban J connectivity index is 0. The molecule has 0 amide bonds. The van der Waals surface area contributed by atoms with Crippen LogP contribution in [-0.2, 0) is 25.6 Å². The lowest BCUT2D eigenvalue weighted by Gasteiger charge is -2.07. The van der Waals surface area contributed by atoms with Gasteiger partial charge in [-0.15, -0.1) is 0 Å². The minimum atomic E-state index is -0.963. The van der Waals surface area contributed by atoms with Gasteiger partial charge >= 0.3 is 23.9 Å². The number of nitrogens with two attached hydrogens (primary N) is 3. The molecule has 34 heavy (non-hydrogen) atoms. The average Bonchev–Trinajstić information content (AvgIpc) is 3.30. The molecule has 4 atom stereocenters. The first-order valence-corrected chi connectivity index (χ1v) is 10.7. The molecule has 1 aliphatic rings. The van der Waals surface area contributed by atoms with Gasteiger partial charge in [0.25, 0.3) is 0 Å². The number of carboxylic acid groups (broad SMARTS) is 4. The van der Waals surface area contributed by atoms with Gasteiger partial charge in [0.15, 0.2) is 0 Å². The molecule has 0 radical (unpaired) electrons. The predicted octanol–water partition coefficient (Wildman–Crippen LogP) is -0.0635. The van der Waals surface area contributed by atoms with E-state index in [9.17, 15) is 19.2 Å². The lowest BCUT2D eigenvalue weighted by molar-refractivity contribution is -0.140. The van der Waals surface area contributed by atoms with Crippen LogP contribution < -0.4 is 22.5 Å². The zero-order valence-electron chi connectivity index (χ0n) is 19.8. The topological polar surface area (TPSA) is 239 Å². The second-order valence-electron chi connectivity index (χ2n) is 7.86. The van der Waals surface area contributed by atoms with Crippen molar-refractivity contribution in [3.05, 3.63) is 35.9 Å². The zero-order valence-corrected chi connectivity index (χ0v) is 19.8. The van der Waals surface area contributed by atoms with Crippen LogP contribution in [0.5, 0.6) is 0 Å². The lowest BCUT2D eigenvalue weighted by atomic mass is 10.1. The third-order valence-electron chi connectivity index (χ3n) is 4.37. The van der Waals surface area contributed by atoms with Crippen LogP contribution in [0.3, 0.4) is 0 Å². The first kappa shape index (κ1) is 33.1. The summed E-state index contributed by atoms with van der Waals surface area (Å²) < 4.78 is 0. The van der Waals surface area contributed by atoms with Crippen molar-refractivity contribution in [2.75, 3.05) is 6.54 Å². The van der Waals surface area contributed by atoms with Gasteiger partial charge < -0.3 is 42.9 Å². The Labute approximate surface area is 199 Å². The normalized spacial score (nSPS) is 16.7. The van der Waals surface area contributed by atoms with E-state index < -0.39 is 42.0 Å². The van der Waals surface area contributed by atoms with Gasteiger partial charge in [-0.1, -0.05) is 44.2 Å². The largest absolute Gasteiger partial charge is 0.480 e. The SMILES string of the molecule is CC(C)[C@H](N)C(=O)O.C[C@H](N)C(=O)O.N[C@@H](Cc1ccccc1)C(=O)O.O=C(O)[C@@H]1CCCN1. The van der Waals surface area contributed by atoms with Gasteiger partial charge in [0.2, 0.25) is 0 Å². The molecule has 0 spiro atoms. The highest BCUT2D eigenvalue weighted by atomic mass is 16.4. The molecule has 11 N–H and O–H groups in total. The van der Waals surface area contributed by atoms with E-state index in [4.69, 9.17) is 37.6 Å². The summed E-state index contributed by atoms with van der Waals surface area (Å²) >= 11 is 0. The number of aliphatic carboxylic acids is 4. The number of rotatable bonds is 7. The van der Waals surface area contributed by atoms with Crippen LogP contribution in [-0.4, -0.2) is 75.0 Å².